The number of nitrogens with one attached hydrogen (secondary N) is 1. The van der Waals surface area contributed by atoms with E-state index < -0.39 is 10.0 Å². The molecule has 1 aliphatic heterocycles. The quantitative estimate of drug-likeness (QED) is 0.786. The molecule has 1 aromatic carbocycles. The molecule has 0 unspecified atom stereocenters. The molecule has 6 nitrogen and oxygen atoms in total. The van der Waals surface area contributed by atoms with Crippen LogP contribution in [0.1, 0.15) is 28.8 Å². The van der Waals surface area contributed by atoms with Gasteiger partial charge in [-0.3, -0.25) is 4.79 Å². The summed E-state index contributed by atoms with van der Waals surface area (Å²) >= 11 is 0. The zero-order chi connectivity index (χ0) is 18.4. The van der Waals surface area contributed by atoms with Crippen LogP contribution in [0.4, 0.5) is 0 Å². The number of nitrogens with zero attached hydrogens (tertiary/aromatic N) is 2. The van der Waals surface area contributed by atoms with E-state index in [9.17, 15) is 13.2 Å². The Morgan fingerprint density at radius 2 is 1.80 bits per heavy atom. The highest BCUT2D eigenvalue weighted by atomic mass is 32.2. The Balaban J connectivity index is 1.82. The first kappa shape index (κ1) is 19.9. The SMILES string of the molecule is CN(C)CCNC(=O)c1ccc(CC2CCN(S(C)(=O)=O)CC2)cc1. The predicted octanol–water partition coefficient (Wildman–Crippen LogP) is 1.19. The van der Waals surface area contributed by atoms with Gasteiger partial charge in [0.25, 0.3) is 5.91 Å². The molecular weight excluding hydrogens is 338 g/mol. The molecular formula is C18H29N3O3S. The standard InChI is InChI=1S/C18H29N3O3S/c1-20(2)13-10-19-18(22)17-6-4-15(5-7-17)14-16-8-11-21(12-9-16)25(3,23)24/h4-7,16H,8-14H2,1-3H3,(H,19,22). The second-order valence-electron chi connectivity index (χ2n) is 7.07. The lowest BCUT2D eigenvalue weighted by atomic mass is 9.91. The summed E-state index contributed by atoms with van der Waals surface area (Å²) in [6.07, 6.45) is 3.98. The van der Waals surface area contributed by atoms with E-state index in [2.05, 4.69) is 5.32 Å². The van der Waals surface area contributed by atoms with E-state index in [1.165, 1.54) is 11.8 Å². The first-order chi connectivity index (χ1) is 11.8. The van der Waals surface area contributed by atoms with E-state index in [1.54, 1.807) is 4.31 Å². The number of benzene rings is 1. The van der Waals surface area contributed by atoms with Gasteiger partial charge < -0.3 is 10.2 Å². The zero-order valence-electron chi connectivity index (χ0n) is 15.4. The van der Waals surface area contributed by atoms with E-state index in [4.69, 9.17) is 0 Å². The molecule has 0 radical (unpaired) electrons. The van der Waals surface area contributed by atoms with Gasteiger partial charge in [-0.1, -0.05) is 12.1 Å². The maximum atomic E-state index is 12.1. The Bertz CT molecular complexity index is 663. The molecule has 0 bridgehead atoms. The largest absolute Gasteiger partial charge is 0.351 e. The van der Waals surface area contributed by atoms with Crippen molar-refractivity contribution in [3.05, 3.63) is 35.4 Å². The highest BCUT2D eigenvalue weighted by Crippen LogP contribution is 2.23. The van der Waals surface area contributed by atoms with Crippen molar-refractivity contribution >= 4 is 15.9 Å². The topological polar surface area (TPSA) is 69.7 Å². The highest BCUT2D eigenvalue weighted by molar-refractivity contribution is 7.88. The van der Waals surface area contributed by atoms with Crippen LogP contribution in [0.2, 0.25) is 0 Å². The van der Waals surface area contributed by atoms with Gasteiger partial charge in [-0.15, -0.1) is 0 Å². The van der Waals surface area contributed by atoms with E-state index in [0.717, 1.165) is 25.8 Å². The molecule has 7 heteroatoms. The van der Waals surface area contributed by atoms with Crippen LogP contribution in [0.25, 0.3) is 0 Å². The van der Waals surface area contributed by atoms with Crippen molar-refractivity contribution < 1.29 is 13.2 Å². The molecule has 140 valence electrons. The third-order valence-corrected chi connectivity index (χ3v) is 5.93. The van der Waals surface area contributed by atoms with E-state index in [-0.39, 0.29) is 5.91 Å². The van der Waals surface area contributed by atoms with Gasteiger partial charge in [-0.2, -0.15) is 0 Å². The minimum absolute atomic E-state index is 0.0464. The zero-order valence-corrected chi connectivity index (χ0v) is 16.2. The maximum absolute atomic E-state index is 12.1. The molecule has 25 heavy (non-hydrogen) atoms. The van der Waals surface area contributed by atoms with Crippen molar-refractivity contribution in [2.24, 2.45) is 5.92 Å². The molecule has 0 atom stereocenters. The average molecular weight is 368 g/mol. The Morgan fingerprint density at radius 1 is 1.20 bits per heavy atom. The minimum atomic E-state index is -3.06. The van der Waals surface area contributed by atoms with Crippen molar-refractivity contribution in [3.63, 3.8) is 0 Å². The average Bonchev–Trinajstić information content (AvgIpc) is 2.55. The summed E-state index contributed by atoms with van der Waals surface area (Å²) in [6.45, 7) is 2.66. The number of carbonyl (C=O) groups excluding carboxylic acids is 1. The van der Waals surface area contributed by atoms with Gasteiger partial charge in [-0.25, -0.2) is 12.7 Å². The van der Waals surface area contributed by atoms with Crippen molar-refractivity contribution in [2.75, 3.05) is 46.5 Å². The Hall–Kier alpha value is -1.44. The Labute approximate surface area is 151 Å². The van der Waals surface area contributed by atoms with Gasteiger partial charge in [0.15, 0.2) is 0 Å². The number of rotatable bonds is 7. The molecule has 1 fully saturated rings. The number of amides is 1. The first-order valence-electron chi connectivity index (χ1n) is 8.72. The number of piperidine rings is 1. The third kappa shape index (κ3) is 6.41. The molecule has 1 aromatic rings. The van der Waals surface area contributed by atoms with Gasteiger partial charge in [-0.05, 0) is 57.0 Å². The molecule has 1 heterocycles. The molecule has 1 N–H and O–H groups in total. The van der Waals surface area contributed by atoms with Gasteiger partial charge in [0.05, 0.1) is 6.26 Å². The van der Waals surface area contributed by atoms with Crippen LogP contribution in [-0.4, -0.2) is 70.1 Å². The number of hydrogen-bond donors (Lipinski definition) is 1. The Morgan fingerprint density at radius 3 is 2.32 bits per heavy atom. The summed E-state index contributed by atoms with van der Waals surface area (Å²) in [5.74, 6) is 0.452. The van der Waals surface area contributed by atoms with Crippen LogP contribution in [0.5, 0.6) is 0 Å². The molecule has 1 amide bonds. The van der Waals surface area contributed by atoms with Gasteiger partial charge in [0.1, 0.15) is 0 Å². The van der Waals surface area contributed by atoms with E-state index >= 15 is 0 Å². The smallest absolute Gasteiger partial charge is 0.251 e. The molecule has 1 aliphatic rings. The summed E-state index contributed by atoms with van der Waals surface area (Å²) in [5, 5.41) is 2.91. The fourth-order valence-corrected chi connectivity index (χ4v) is 3.94. The molecule has 0 saturated carbocycles. The first-order valence-corrected chi connectivity index (χ1v) is 10.6. The number of sulfonamides is 1. The van der Waals surface area contributed by atoms with Crippen LogP contribution in [-0.2, 0) is 16.4 Å². The van der Waals surface area contributed by atoms with Crippen molar-refractivity contribution in [3.8, 4) is 0 Å². The summed E-state index contributed by atoms with van der Waals surface area (Å²) in [7, 11) is 0.883. The lowest BCUT2D eigenvalue weighted by molar-refractivity contribution is 0.0951. The lowest BCUT2D eigenvalue weighted by Crippen LogP contribution is -2.38. The fourth-order valence-electron chi connectivity index (χ4n) is 3.07. The van der Waals surface area contributed by atoms with Gasteiger partial charge in [0.2, 0.25) is 10.0 Å². The normalized spacial score (nSPS) is 17.0. The molecule has 0 spiro atoms. The second kappa shape index (κ2) is 8.78. The van der Waals surface area contributed by atoms with Gasteiger partial charge in [0, 0.05) is 31.7 Å². The van der Waals surface area contributed by atoms with Crippen LogP contribution >= 0.6 is 0 Å². The van der Waals surface area contributed by atoms with Crippen molar-refractivity contribution in [1.29, 1.82) is 0 Å². The van der Waals surface area contributed by atoms with Crippen LogP contribution in [0, 0.1) is 5.92 Å². The monoisotopic (exact) mass is 367 g/mol. The van der Waals surface area contributed by atoms with Gasteiger partial charge >= 0.3 is 0 Å². The summed E-state index contributed by atoms with van der Waals surface area (Å²) < 4.78 is 24.7. The van der Waals surface area contributed by atoms with Crippen LogP contribution in [0.15, 0.2) is 24.3 Å². The second-order valence-corrected chi connectivity index (χ2v) is 9.05. The fraction of sp³-hybridized carbons (Fsp3) is 0.611. The molecule has 0 aliphatic carbocycles. The number of likely N-dealkylation sites (N-methyl/N-ethyl adjacent to an activating group) is 1. The predicted molar refractivity (Wildman–Crippen MR) is 100 cm³/mol. The number of carbonyl (C=O) groups is 1. The van der Waals surface area contributed by atoms with Crippen molar-refractivity contribution in [1.82, 2.24) is 14.5 Å². The number of hydrogen-bond acceptors (Lipinski definition) is 4. The van der Waals surface area contributed by atoms with Crippen LogP contribution < -0.4 is 5.32 Å². The van der Waals surface area contributed by atoms with Crippen molar-refractivity contribution in [2.45, 2.75) is 19.3 Å². The Kier molecular flexibility index (Phi) is 6.98. The maximum Gasteiger partial charge on any atom is 0.251 e. The van der Waals surface area contributed by atoms with E-state index in [0.29, 0.717) is 31.1 Å². The van der Waals surface area contributed by atoms with Crippen LogP contribution in [0.3, 0.4) is 0 Å². The molecule has 2 rings (SSSR count). The third-order valence-electron chi connectivity index (χ3n) is 4.63. The highest BCUT2D eigenvalue weighted by Gasteiger charge is 2.24. The molecule has 0 aromatic heterocycles. The molecule has 1 saturated heterocycles. The lowest BCUT2D eigenvalue weighted by Gasteiger charge is -2.30. The van der Waals surface area contributed by atoms with E-state index in [1.807, 2.05) is 43.3 Å². The summed E-state index contributed by atoms with van der Waals surface area (Å²) in [6, 6.07) is 7.74. The summed E-state index contributed by atoms with van der Waals surface area (Å²) in [4.78, 5) is 14.1. The minimum Gasteiger partial charge on any atom is -0.351 e. The summed E-state index contributed by atoms with van der Waals surface area (Å²) in [5.41, 5.74) is 1.87.